The summed E-state index contributed by atoms with van der Waals surface area (Å²) < 4.78 is 46.4. The first kappa shape index (κ1) is 18.4. The molecule has 1 aliphatic rings. The maximum Gasteiger partial charge on any atom is 0.422 e. The molecule has 1 fully saturated rings. The highest BCUT2D eigenvalue weighted by Crippen LogP contribution is 2.30. The second-order valence-electron chi connectivity index (χ2n) is 5.72. The van der Waals surface area contributed by atoms with Gasteiger partial charge in [-0.05, 0) is 24.1 Å². The van der Waals surface area contributed by atoms with Gasteiger partial charge in [0.05, 0.1) is 7.11 Å². The number of hydrogen-bond donors (Lipinski definition) is 2. The van der Waals surface area contributed by atoms with E-state index < -0.39 is 12.8 Å². The predicted molar refractivity (Wildman–Crippen MR) is 82.2 cm³/mol. The number of aryl methyl sites for hydroxylation is 1. The van der Waals surface area contributed by atoms with Gasteiger partial charge >= 0.3 is 6.18 Å². The highest BCUT2D eigenvalue weighted by Gasteiger charge is 2.29. The van der Waals surface area contributed by atoms with Gasteiger partial charge in [-0.3, -0.25) is 4.79 Å². The average molecular weight is 346 g/mol. The Hall–Kier alpha value is -1.96. The van der Waals surface area contributed by atoms with E-state index in [2.05, 4.69) is 10.6 Å². The Kier molecular flexibility index (Phi) is 6.30. The van der Waals surface area contributed by atoms with E-state index >= 15 is 0 Å². The van der Waals surface area contributed by atoms with Crippen molar-refractivity contribution in [2.24, 2.45) is 5.92 Å². The lowest BCUT2D eigenvalue weighted by atomic mass is 10.0. The molecule has 0 bridgehead atoms. The lowest BCUT2D eigenvalue weighted by Gasteiger charge is -2.27. The Morgan fingerprint density at radius 2 is 2.08 bits per heavy atom. The molecule has 1 saturated heterocycles. The van der Waals surface area contributed by atoms with Crippen LogP contribution in [0.25, 0.3) is 0 Å². The molecule has 1 amide bonds. The zero-order valence-corrected chi connectivity index (χ0v) is 13.4. The summed E-state index contributed by atoms with van der Waals surface area (Å²) in [5.41, 5.74) is 0.798. The minimum atomic E-state index is -4.41. The zero-order chi connectivity index (χ0) is 17.6. The Morgan fingerprint density at radius 3 is 2.67 bits per heavy atom. The van der Waals surface area contributed by atoms with E-state index in [9.17, 15) is 18.0 Å². The molecule has 1 heterocycles. The fourth-order valence-corrected chi connectivity index (χ4v) is 2.24. The molecule has 1 aromatic carbocycles. The van der Waals surface area contributed by atoms with Crippen molar-refractivity contribution < 1.29 is 27.4 Å². The molecule has 0 aromatic heterocycles. The molecule has 0 spiro atoms. The van der Waals surface area contributed by atoms with Crippen molar-refractivity contribution in [1.82, 2.24) is 10.6 Å². The highest BCUT2D eigenvalue weighted by molar-refractivity contribution is 5.76. The van der Waals surface area contributed by atoms with Gasteiger partial charge < -0.3 is 20.1 Å². The summed E-state index contributed by atoms with van der Waals surface area (Å²) in [6.07, 6.45) is -3.62. The number of rotatable bonds is 8. The van der Waals surface area contributed by atoms with Crippen LogP contribution in [0.2, 0.25) is 0 Å². The number of halogens is 3. The largest absolute Gasteiger partial charge is 0.493 e. The van der Waals surface area contributed by atoms with Gasteiger partial charge in [0.15, 0.2) is 18.1 Å². The fraction of sp³-hybridized carbons (Fsp3) is 0.562. The summed E-state index contributed by atoms with van der Waals surface area (Å²) in [6, 6.07) is 4.66. The van der Waals surface area contributed by atoms with Crippen LogP contribution >= 0.6 is 0 Å². The van der Waals surface area contributed by atoms with Gasteiger partial charge in [0.25, 0.3) is 0 Å². The van der Waals surface area contributed by atoms with Gasteiger partial charge in [0, 0.05) is 32.0 Å². The first-order chi connectivity index (χ1) is 11.4. The number of carbonyl (C=O) groups excluding carboxylic acids is 1. The maximum absolute atomic E-state index is 12.2. The summed E-state index contributed by atoms with van der Waals surface area (Å²) in [5, 5.41) is 6.00. The smallest absolute Gasteiger partial charge is 0.422 e. The van der Waals surface area contributed by atoms with E-state index in [1.807, 2.05) is 0 Å². The van der Waals surface area contributed by atoms with Crippen LogP contribution in [0, 0.1) is 5.92 Å². The van der Waals surface area contributed by atoms with Crippen molar-refractivity contribution in [2.75, 3.05) is 33.4 Å². The zero-order valence-electron chi connectivity index (χ0n) is 13.4. The summed E-state index contributed by atoms with van der Waals surface area (Å²) in [6.45, 7) is 1.15. The predicted octanol–water partition coefficient (Wildman–Crippen LogP) is 1.90. The van der Waals surface area contributed by atoms with Crippen LogP contribution in [0.4, 0.5) is 13.2 Å². The van der Waals surface area contributed by atoms with Crippen molar-refractivity contribution in [1.29, 1.82) is 0 Å². The number of benzene rings is 1. The van der Waals surface area contributed by atoms with E-state index in [0.717, 1.165) is 18.7 Å². The molecule has 2 rings (SSSR count). The van der Waals surface area contributed by atoms with E-state index in [1.54, 1.807) is 12.1 Å². The lowest BCUT2D eigenvalue weighted by molar-refractivity contribution is -0.153. The summed E-state index contributed by atoms with van der Waals surface area (Å²) in [7, 11) is 1.36. The third-order valence-electron chi connectivity index (χ3n) is 3.71. The normalized spacial score (nSPS) is 14.8. The molecule has 24 heavy (non-hydrogen) atoms. The first-order valence-electron chi connectivity index (χ1n) is 7.71. The number of amides is 1. The van der Waals surface area contributed by atoms with E-state index in [1.165, 1.54) is 13.2 Å². The van der Waals surface area contributed by atoms with Crippen LogP contribution in [0.1, 0.15) is 12.0 Å². The molecular weight excluding hydrogens is 325 g/mol. The molecule has 8 heteroatoms. The van der Waals surface area contributed by atoms with Crippen molar-refractivity contribution in [3.63, 3.8) is 0 Å². The van der Waals surface area contributed by atoms with Crippen molar-refractivity contribution >= 4 is 5.91 Å². The van der Waals surface area contributed by atoms with Gasteiger partial charge in [-0.2, -0.15) is 13.2 Å². The molecule has 0 radical (unpaired) electrons. The number of carbonyl (C=O) groups is 1. The van der Waals surface area contributed by atoms with Crippen molar-refractivity contribution in [3.05, 3.63) is 23.8 Å². The molecule has 2 N–H and O–H groups in total. The number of ether oxygens (including phenoxy) is 2. The number of nitrogens with one attached hydrogen (secondary N) is 2. The minimum absolute atomic E-state index is 0.0282. The summed E-state index contributed by atoms with van der Waals surface area (Å²) in [4.78, 5) is 11.8. The molecule has 0 saturated carbocycles. The highest BCUT2D eigenvalue weighted by atomic mass is 19.4. The molecule has 0 aliphatic carbocycles. The van der Waals surface area contributed by atoms with Crippen LogP contribution < -0.4 is 20.1 Å². The quantitative estimate of drug-likeness (QED) is 0.755. The van der Waals surface area contributed by atoms with Gasteiger partial charge in [-0.15, -0.1) is 0 Å². The van der Waals surface area contributed by atoms with Gasteiger partial charge in [-0.25, -0.2) is 0 Å². The Bertz CT molecular complexity index is 560. The molecular formula is C16H21F3N2O3. The summed E-state index contributed by atoms with van der Waals surface area (Å²) >= 11 is 0. The molecule has 5 nitrogen and oxygen atoms in total. The molecule has 0 atom stereocenters. The summed E-state index contributed by atoms with van der Waals surface area (Å²) in [5.74, 6) is 0.704. The molecule has 1 aliphatic heterocycles. The standard InChI is InChI=1S/C16H21F3N2O3/c1-23-14-6-11(2-4-13(14)24-10-16(17,18)19)3-5-15(22)21-9-12-7-20-8-12/h2,4,6,12,20H,3,5,7-10H2,1H3,(H,21,22). The van der Waals surface area contributed by atoms with Crippen LogP contribution in [0.5, 0.6) is 11.5 Å². The average Bonchev–Trinajstić information content (AvgIpc) is 2.48. The Morgan fingerprint density at radius 1 is 1.33 bits per heavy atom. The SMILES string of the molecule is COc1cc(CCC(=O)NCC2CNC2)ccc1OCC(F)(F)F. The van der Waals surface area contributed by atoms with Gasteiger partial charge in [0.2, 0.25) is 5.91 Å². The van der Waals surface area contributed by atoms with Crippen LogP contribution in [-0.2, 0) is 11.2 Å². The third-order valence-corrected chi connectivity index (χ3v) is 3.71. The molecule has 0 unspecified atom stereocenters. The number of methoxy groups -OCH3 is 1. The van der Waals surface area contributed by atoms with Gasteiger partial charge in [-0.1, -0.05) is 6.07 Å². The van der Waals surface area contributed by atoms with Crippen LogP contribution in [0.15, 0.2) is 18.2 Å². The molecule has 1 aromatic rings. The second kappa shape index (κ2) is 8.23. The second-order valence-corrected chi connectivity index (χ2v) is 5.72. The van der Waals surface area contributed by atoms with Crippen LogP contribution in [-0.4, -0.2) is 45.4 Å². The lowest BCUT2D eigenvalue weighted by Crippen LogP contribution is -2.48. The first-order valence-corrected chi connectivity index (χ1v) is 7.71. The topological polar surface area (TPSA) is 59.6 Å². The number of alkyl halides is 3. The van der Waals surface area contributed by atoms with E-state index in [4.69, 9.17) is 9.47 Å². The Labute approximate surface area is 138 Å². The van der Waals surface area contributed by atoms with Crippen LogP contribution in [0.3, 0.4) is 0 Å². The Balaban J connectivity index is 1.83. The third kappa shape index (κ3) is 5.92. The number of hydrogen-bond acceptors (Lipinski definition) is 4. The monoisotopic (exact) mass is 346 g/mol. The van der Waals surface area contributed by atoms with Gasteiger partial charge in [0.1, 0.15) is 0 Å². The van der Waals surface area contributed by atoms with E-state index in [0.29, 0.717) is 25.3 Å². The van der Waals surface area contributed by atoms with E-state index in [-0.39, 0.29) is 17.4 Å². The van der Waals surface area contributed by atoms with Crippen molar-refractivity contribution in [3.8, 4) is 11.5 Å². The fourth-order valence-electron chi connectivity index (χ4n) is 2.24. The maximum atomic E-state index is 12.2. The molecule has 134 valence electrons. The minimum Gasteiger partial charge on any atom is -0.493 e. The van der Waals surface area contributed by atoms with Crippen molar-refractivity contribution in [2.45, 2.75) is 19.0 Å².